The Bertz CT molecular complexity index is 673. The van der Waals surface area contributed by atoms with E-state index in [1.165, 1.54) is 0 Å². The highest BCUT2D eigenvalue weighted by Crippen LogP contribution is 2.26. The van der Waals surface area contributed by atoms with Crippen molar-refractivity contribution in [3.63, 3.8) is 0 Å². The lowest BCUT2D eigenvalue weighted by molar-refractivity contribution is -0.385. The number of anilines is 1. The number of thiophene rings is 1. The summed E-state index contributed by atoms with van der Waals surface area (Å²) >= 11 is 1.56. The van der Waals surface area contributed by atoms with Gasteiger partial charge in [-0.15, -0.1) is 11.3 Å². The van der Waals surface area contributed by atoms with Crippen molar-refractivity contribution in [2.24, 2.45) is 0 Å². The van der Waals surface area contributed by atoms with Gasteiger partial charge in [-0.1, -0.05) is 6.07 Å². The Morgan fingerprint density at radius 3 is 2.81 bits per heavy atom. The number of hydrogen-bond donors (Lipinski definition) is 2. The maximum Gasteiger partial charge on any atom is 0.342 e. The monoisotopic (exact) mass is 310 g/mol. The zero-order valence-corrected chi connectivity index (χ0v) is 11.5. The lowest BCUT2D eigenvalue weighted by Gasteiger charge is -2.08. The summed E-state index contributed by atoms with van der Waals surface area (Å²) in [5.41, 5.74) is -1.36. The first-order valence-corrected chi connectivity index (χ1v) is 6.84. The highest BCUT2D eigenvalue weighted by atomic mass is 32.1. The standard InChI is InChI=1S/C13H11FN2O4S/c14-10-7-12(16(19)20)9(13(17)18)6-11(10)15-4-3-8-2-1-5-21-8/h1-2,5-7,15H,3-4H2,(H,17,18). The van der Waals surface area contributed by atoms with Crippen LogP contribution in [0.4, 0.5) is 15.8 Å². The minimum Gasteiger partial charge on any atom is -0.477 e. The van der Waals surface area contributed by atoms with Crippen molar-refractivity contribution in [3.8, 4) is 0 Å². The third-order valence-corrected chi connectivity index (χ3v) is 3.72. The van der Waals surface area contributed by atoms with Crippen molar-refractivity contribution in [2.45, 2.75) is 6.42 Å². The van der Waals surface area contributed by atoms with Crippen LogP contribution in [0.2, 0.25) is 0 Å². The van der Waals surface area contributed by atoms with Gasteiger partial charge in [0.1, 0.15) is 5.56 Å². The van der Waals surface area contributed by atoms with E-state index in [1.807, 2.05) is 17.5 Å². The van der Waals surface area contributed by atoms with E-state index in [4.69, 9.17) is 5.11 Å². The summed E-state index contributed by atoms with van der Waals surface area (Å²) < 4.78 is 13.8. The average molecular weight is 310 g/mol. The SMILES string of the molecule is O=C(O)c1cc(NCCc2cccs2)c(F)cc1[N+](=O)[O-]. The zero-order chi connectivity index (χ0) is 15.4. The summed E-state index contributed by atoms with van der Waals surface area (Å²) in [6.45, 7) is 0.397. The number of nitro benzene ring substituents is 1. The van der Waals surface area contributed by atoms with Crippen LogP contribution in [0.5, 0.6) is 0 Å². The topological polar surface area (TPSA) is 92.5 Å². The fourth-order valence-electron chi connectivity index (χ4n) is 1.80. The number of nitrogens with zero attached hydrogens (tertiary/aromatic N) is 1. The molecule has 0 aliphatic heterocycles. The van der Waals surface area contributed by atoms with Crippen molar-refractivity contribution >= 4 is 28.7 Å². The molecule has 110 valence electrons. The maximum atomic E-state index is 13.8. The van der Waals surface area contributed by atoms with Crippen LogP contribution in [0, 0.1) is 15.9 Å². The van der Waals surface area contributed by atoms with Crippen molar-refractivity contribution in [3.05, 3.63) is 56.0 Å². The highest BCUT2D eigenvalue weighted by molar-refractivity contribution is 7.09. The second-order valence-electron chi connectivity index (χ2n) is 4.17. The first-order chi connectivity index (χ1) is 9.99. The minimum absolute atomic E-state index is 0.0606. The lowest BCUT2D eigenvalue weighted by atomic mass is 10.1. The van der Waals surface area contributed by atoms with Gasteiger partial charge in [-0.3, -0.25) is 10.1 Å². The van der Waals surface area contributed by atoms with Crippen LogP contribution in [0.15, 0.2) is 29.6 Å². The Morgan fingerprint density at radius 2 is 2.24 bits per heavy atom. The van der Waals surface area contributed by atoms with Gasteiger partial charge in [0.25, 0.3) is 5.69 Å². The van der Waals surface area contributed by atoms with Crippen molar-refractivity contribution in [2.75, 3.05) is 11.9 Å². The van der Waals surface area contributed by atoms with Crippen LogP contribution in [-0.2, 0) is 6.42 Å². The molecule has 0 aliphatic carbocycles. The number of carbonyl (C=O) groups is 1. The molecule has 8 heteroatoms. The van der Waals surface area contributed by atoms with E-state index in [0.29, 0.717) is 19.0 Å². The molecule has 0 spiro atoms. The molecule has 1 aromatic carbocycles. The molecule has 0 amide bonds. The van der Waals surface area contributed by atoms with Gasteiger partial charge in [-0.25, -0.2) is 9.18 Å². The van der Waals surface area contributed by atoms with Gasteiger partial charge >= 0.3 is 5.97 Å². The average Bonchev–Trinajstić information content (AvgIpc) is 2.92. The maximum absolute atomic E-state index is 13.8. The molecule has 0 atom stereocenters. The predicted molar refractivity (Wildman–Crippen MR) is 76.5 cm³/mol. The second-order valence-corrected chi connectivity index (χ2v) is 5.20. The van der Waals surface area contributed by atoms with Crippen molar-refractivity contribution in [1.82, 2.24) is 0 Å². The van der Waals surface area contributed by atoms with E-state index in [1.54, 1.807) is 11.3 Å². The summed E-state index contributed by atoms with van der Waals surface area (Å²) in [6.07, 6.45) is 0.649. The number of halogens is 1. The van der Waals surface area contributed by atoms with Gasteiger partial charge in [0.2, 0.25) is 0 Å². The normalized spacial score (nSPS) is 10.3. The van der Waals surface area contributed by atoms with Crippen LogP contribution in [0.3, 0.4) is 0 Å². The van der Waals surface area contributed by atoms with E-state index in [0.717, 1.165) is 10.9 Å². The third-order valence-electron chi connectivity index (χ3n) is 2.78. The lowest BCUT2D eigenvalue weighted by Crippen LogP contribution is -2.09. The Kier molecular flexibility index (Phi) is 4.49. The summed E-state index contributed by atoms with van der Waals surface area (Å²) in [5.74, 6) is -2.32. The molecule has 0 radical (unpaired) electrons. The quantitative estimate of drug-likeness (QED) is 0.631. The van der Waals surface area contributed by atoms with Gasteiger partial charge < -0.3 is 10.4 Å². The number of benzene rings is 1. The number of aromatic carboxylic acids is 1. The van der Waals surface area contributed by atoms with Crippen LogP contribution in [0.1, 0.15) is 15.2 Å². The molecule has 0 saturated heterocycles. The molecule has 0 saturated carbocycles. The van der Waals surface area contributed by atoms with Crippen molar-refractivity contribution in [1.29, 1.82) is 0 Å². The number of nitrogens with one attached hydrogen (secondary N) is 1. The molecule has 0 fully saturated rings. The molecule has 2 aromatic rings. The minimum atomic E-state index is -1.47. The zero-order valence-electron chi connectivity index (χ0n) is 10.7. The number of carboxylic acid groups (broad SMARTS) is 1. The largest absolute Gasteiger partial charge is 0.477 e. The van der Waals surface area contributed by atoms with Gasteiger partial charge in [0, 0.05) is 11.4 Å². The fraction of sp³-hybridized carbons (Fsp3) is 0.154. The number of hydrogen-bond acceptors (Lipinski definition) is 5. The molecule has 0 aliphatic rings. The van der Waals surface area contributed by atoms with Gasteiger partial charge in [-0.05, 0) is 23.9 Å². The Hall–Kier alpha value is -2.48. The Labute approximate surface area is 123 Å². The number of nitro groups is 1. The third kappa shape index (κ3) is 3.54. The molecule has 6 nitrogen and oxygen atoms in total. The Morgan fingerprint density at radius 1 is 1.48 bits per heavy atom. The molecular formula is C13H11FN2O4S. The van der Waals surface area contributed by atoms with Crippen LogP contribution in [0.25, 0.3) is 0 Å². The fourth-order valence-corrected chi connectivity index (χ4v) is 2.50. The van der Waals surface area contributed by atoms with E-state index in [2.05, 4.69) is 5.32 Å². The molecule has 0 bridgehead atoms. The molecule has 2 N–H and O–H groups in total. The molecular weight excluding hydrogens is 299 g/mol. The molecule has 1 aromatic heterocycles. The van der Waals surface area contributed by atoms with Gasteiger partial charge in [0.05, 0.1) is 16.7 Å². The highest BCUT2D eigenvalue weighted by Gasteiger charge is 2.23. The first-order valence-electron chi connectivity index (χ1n) is 5.96. The second kappa shape index (κ2) is 6.31. The van der Waals surface area contributed by atoms with E-state index >= 15 is 0 Å². The molecule has 21 heavy (non-hydrogen) atoms. The molecule has 2 rings (SSSR count). The summed E-state index contributed by atoms with van der Waals surface area (Å²) in [5, 5.41) is 24.3. The smallest absolute Gasteiger partial charge is 0.342 e. The summed E-state index contributed by atoms with van der Waals surface area (Å²) in [4.78, 5) is 21.9. The van der Waals surface area contributed by atoms with E-state index in [-0.39, 0.29) is 5.69 Å². The Balaban J connectivity index is 2.17. The number of carboxylic acids is 1. The first kappa shape index (κ1) is 14.9. The van der Waals surface area contributed by atoms with E-state index in [9.17, 15) is 19.3 Å². The number of rotatable bonds is 6. The molecule has 0 unspecified atom stereocenters. The van der Waals surface area contributed by atoms with Crippen LogP contribution in [-0.4, -0.2) is 22.5 Å². The van der Waals surface area contributed by atoms with Crippen LogP contribution < -0.4 is 5.32 Å². The summed E-state index contributed by atoms with van der Waals surface area (Å²) in [6, 6.07) is 5.40. The molecule has 1 heterocycles. The van der Waals surface area contributed by atoms with Gasteiger partial charge in [-0.2, -0.15) is 0 Å². The summed E-state index contributed by atoms with van der Waals surface area (Å²) in [7, 11) is 0. The van der Waals surface area contributed by atoms with Crippen LogP contribution >= 0.6 is 11.3 Å². The van der Waals surface area contributed by atoms with Crippen molar-refractivity contribution < 1.29 is 19.2 Å². The van der Waals surface area contributed by atoms with Gasteiger partial charge in [0.15, 0.2) is 5.82 Å². The predicted octanol–water partition coefficient (Wildman–Crippen LogP) is 3.15. The van der Waals surface area contributed by atoms with E-state index < -0.39 is 28.0 Å².